The second-order valence-corrected chi connectivity index (χ2v) is 4.53. The van der Waals surface area contributed by atoms with Crippen molar-refractivity contribution >= 4 is 0 Å². The minimum absolute atomic E-state index is 0.671. The largest absolute Gasteiger partial charge is 0.310 e. The maximum atomic E-state index is 3.59. The lowest BCUT2D eigenvalue weighted by Crippen LogP contribution is -2.27. The standard InChI is InChI=1S/C13H19N/c1-10-8-13(10)11(2)14-9-12-6-4-3-5-7-12/h3-7,10-11,13-14H,8-9H2,1-2H3. The van der Waals surface area contributed by atoms with Gasteiger partial charge in [0.05, 0.1) is 0 Å². The summed E-state index contributed by atoms with van der Waals surface area (Å²) in [6.45, 7) is 5.65. The number of hydrogen-bond donors (Lipinski definition) is 1. The fourth-order valence-corrected chi connectivity index (χ4v) is 2.07. The summed E-state index contributed by atoms with van der Waals surface area (Å²) in [6, 6.07) is 11.3. The van der Waals surface area contributed by atoms with Crippen LogP contribution < -0.4 is 5.32 Å². The zero-order valence-electron chi connectivity index (χ0n) is 9.03. The fraction of sp³-hybridized carbons (Fsp3) is 0.538. The highest BCUT2D eigenvalue weighted by molar-refractivity contribution is 5.14. The normalized spacial score (nSPS) is 27.3. The van der Waals surface area contributed by atoms with Gasteiger partial charge >= 0.3 is 0 Å². The second kappa shape index (κ2) is 4.14. The van der Waals surface area contributed by atoms with Crippen LogP contribution in [0.15, 0.2) is 30.3 Å². The molecule has 1 nitrogen and oxygen atoms in total. The van der Waals surface area contributed by atoms with Crippen molar-refractivity contribution in [2.45, 2.75) is 32.9 Å². The zero-order valence-corrected chi connectivity index (χ0v) is 9.03. The number of benzene rings is 1. The molecule has 0 radical (unpaired) electrons. The van der Waals surface area contributed by atoms with Crippen molar-refractivity contribution in [3.8, 4) is 0 Å². The predicted molar refractivity (Wildman–Crippen MR) is 60.0 cm³/mol. The Kier molecular flexibility index (Phi) is 2.87. The van der Waals surface area contributed by atoms with E-state index in [4.69, 9.17) is 0 Å². The van der Waals surface area contributed by atoms with Crippen molar-refractivity contribution in [3.05, 3.63) is 35.9 Å². The van der Waals surface area contributed by atoms with E-state index in [2.05, 4.69) is 49.5 Å². The second-order valence-electron chi connectivity index (χ2n) is 4.53. The van der Waals surface area contributed by atoms with Crippen molar-refractivity contribution in [1.82, 2.24) is 5.32 Å². The lowest BCUT2D eigenvalue weighted by molar-refractivity contribution is 0.477. The van der Waals surface area contributed by atoms with Gasteiger partial charge in [-0.3, -0.25) is 0 Å². The summed E-state index contributed by atoms with van der Waals surface area (Å²) in [5.41, 5.74) is 1.38. The van der Waals surface area contributed by atoms with Gasteiger partial charge in [0, 0.05) is 12.6 Å². The molecule has 76 valence electrons. The summed E-state index contributed by atoms with van der Waals surface area (Å²) in [7, 11) is 0. The summed E-state index contributed by atoms with van der Waals surface area (Å²) >= 11 is 0. The smallest absolute Gasteiger partial charge is 0.0208 e. The maximum Gasteiger partial charge on any atom is 0.0208 e. The van der Waals surface area contributed by atoms with Crippen molar-refractivity contribution in [3.63, 3.8) is 0 Å². The average molecular weight is 189 g/mol. The number of hydrogen-bond acceptors (Lipinski definition) is 1. The van der Waals surface area contributed by atoms with E-state index in [1.807, 2.05) is 0 Å². The molecule has 1 aromatic carbocycles. The molecule has 3 atom stereocenters. The van der Waals surface area contributed by atoms with Gasteiger partial charge in [-0.25, -0.2) is 0 Å². The molecular weight excluding hydrogens is 170 g/mol. The number of rotatable bonds is 4. The lowest BCUT2D eigenvalue weighted by Gasteiger charge is -2.13. The third-order valence-electron chi connectivity index (χ3n) is 3.28. The molecule has 1 saturated carbocycles. The highest BCUT2D eigenvalue weighted by atomic mass is 14.9. The molecular formula is C13H19N. The quantitative estimate of drug-likeness (QED) is 0.768. The highest BCUT2D eigenvalue weighted by Gasteiger charge is 2.36. The molecule has 2 rings (SSSR count). The van der Waals surface area contributed by atoms with Crippen LogP contribution in [0.5, 0.6) is 0 Å². The molecule has 14 heavy (non-hydrogen) atoms. The first-order chi connectivity index (χ1) is 6.77. The number of nitrogens with one attached hydrogen (secondary N) is 1. The molecule has 1 N–H and O–H groups in total. The molecule has 0 aromatic heterocycles. The Balaban J connectivity index is 1.77. The zero-order chi connectivity index (χ0) is 9.97. The average Bonchev–Trinajstić information content (AvgIpc) is 2.94. The Morgan fingerprint density at radius 1 is 1.36 bits per heavy atom. The van der Waals surface area contributed by atoms with Crippen LogP contribution in [0.2, 0.25) is 0 Å². The third-order valence-corrected chi connectivity index (χ3v) is 3.28. The summed E-state index contributed by atoms with van der Waals surface area (Å²) in [5, 5.41) is 3.59. The van der Waals surface area contributed by atoms with Gasteiger partial charge in [0.25, 0.3) is 0 Å². The van der Waals surface area contributed by atoms with E-state index in [-0.39, 0.29) is 0 Å². The van der Waals surface area contributed by atoms with Gasteiger partial charge in [0.2, 0.25) is 0 Å². The van der Waals surface area contributed by atoms with Gasteiger partial charge in [-0.1, -0.05) is 37.3 Å². The summed E-state index contributed by atoms with van der Waals surface area (Å²) in [4.78, 5) is 0. The lowest BCUT2D eigenvalue weighted by atomic mass is 10.1. The van der Waals surface area contributed by atoms with Crippen LogP contribution in [0.1, 0.15) is 25.8 Å². The molecule has 0 saturated heterocycles. The fourth-order valence-electron chi connectivity index (χ4n) is 2.07. The van der Waals surface area contributed by atoms with Crippen LogP contribution in [0, 0.1) is 11.8 Å². The minimum Gasteiger partial charge on any atom is -0.310 e. The van der Waals surface area contributed by atoms with Crippen molar-refractivity contribution in [1.29, 1.82) is 0 Å². The molecule has 0 spiro atoms. The first-order valence-electron chi connectivity index (χ1n) is 5.54. The van der Waals surface area contributed by atoms with E-state index in [1.165, 1.54) is 12.0 Å². The molecule has 0 aliphatic heterocycles. The van der Waals surface area contributed by atoms with Gasteiger partial charge in [-0.15, -0.1) is 0 Å². The topological polar surface area (TPSA) is 12.0 Å². The van der Waals surface area contributed by atoms with Crippen molar-refractivity contribution < 1.29 is 0 Å². The molecule has 0 bridgehead atoms. The van der Waals surface area contributed by atoms with E-state index in [1.54, 1.807) is 0 Å². The van der Waals surface area contributed by atoms with Crippen molar-refractivity contribution in [2.24, 2.45) is 11.8 Å². The summed E-state index contributed by atoms with van der Waals surface area (Å²) in [5.74, 6) is 1.85. The van der Waals surface area contributed by atoms with Crippen LogP contribution in [0.25, 0.3) is 0 Å². The maximum absolute atomic E-state index is 3.59. The molecule has 3 unspecified atom stereocenters. The summed E-state index contributed by atoms with van der Waals surface area (Å²) in [6.07, 6.45) is 1.41. The van der Waals surface area contributed by atoms with Crippen LogP contribution in [-0.2, 0) is 6.54 Å². The van der Waals surface area contributed by atoms with E-state index in [0.717, 1.165) is 18.4 Å². The van der Waals surface area contributed by atoms with Gasteiger partial charge in [-0.05, 0) is 30.7 Å². The van der Waals surface area contributed by atoms with Crippen LogP contribution in [-0.4, -0.2) is 6.04 Å². The Morgan fingerprint density at radius 2 is 2.00 bits per heavy atom. The van der Waals surface area contributed by atoms with Gasteiger partial charge in [0.15, 0.2) is 0 Å². The molecule has 1 fully saturated rings. The van der Waals surface area contributed by atoms with E-state index in [9.17, 15) is 0 Å². The van der Waals surface area contributed by atoms with Gasteiger partial charge < -0.3 is 5.32 Å². The molecule has 1 heteroatoms. The SMILES string of the molecule is CC1CC1C(C)NCc1ccccc1. The minimum atomic E-state index is 0.671. The van der Waals surface area contributed by atoms with Crippen LogP contribution >= 0.6 is 0 Å². The van der Waals surface area contributed by atoms with Gasteiger partial charge in [0.1, 0.15) is 0 Å². The Morgan fingerprint density at radius 3 is 2.57 bits per heavy atom. The molecule has 0 heterocycles. The first kappa shape index (κ1) is 9.72. The monoisotopic (exact) mass is 189 g/mol. The molecule has 0 amide bonds. The first-order valence-corrected chi connectivity index (χ1v) is 5.54. The van der Waals surface area contributed by atoms with E-state index < -0.39 is 0 Å². The molecule has 1 aliphatic carbocycles. The highest BCUT2D eigenvalue weighted by Crippen LogP contribution is 2.40. The van der Waals surface area contributed by atoms with E-state index in [0.29, 0.717) is 6.04 Å². The Bertz CT molecular complexity index is 281. The summed E-state index contributed by atoms with van der Waals surface area (Å²) < 4.78 is 0. The predicted octanol–water partition coefficient (Wildman–Crippen LogP) is 2.82. The van der Waals surface area contributed by atoms with Crippen LogP contribution in [0.3, 0.4) is 0 Å². The molecule has 1 aromatic rings. The Labute approximate surface area is 86.5 Å². The van der Waals surface area contributed by atoms with Crippen LogP contribution in [0.4, 0.5) is 0 Å². The molecule has 1 aliphatic rings. The third kappa shape index (κ3) is 2.36. The van der Waals surface area contributed by atoms with Gasteiger partial charge in [-0.2, -0.15) is 0 Å². The van der Waals surface area contributed by atoms with E-state index >= 15 is 0 Å². The Hall–Kier alpha value is -0.820. The van der Waals surface area contributed by atoms with Crippen molar-refractivity contribution in [2.75, 3.05) is 0 Å².